The van der Waals surface area contributed by atoms with Crippen LogP contribution in [0, 0.1) is 17.3 Å². The molecule has 11 atom stereocenters. The highest BCUT2D eigenvalue weighted by Gasteiger charge is 2.76. The van der Waals surface area contributed by atoms with Crippen LogP contribution in [0.15, 0.2) is 0 Å². The number of aliphatic hydroxyl groups is 3. The second kappa shape index (κ2) is 9.42. The van der Waals surface area contributed by atoms with Gasteiger partial charge in [-0.1, -0.05) is 6.92 Å². The molecule has 0 aromatic carbocycles. The zero-order valence-corrected chi connectivity index (χ0v) is 22.6. The van der Waals surface area contributed by atoms with Gasteiger partial charge < -0.3 is 39.0 Å². The van der Waals surface area contributed by atoms with Crippen molar-refractivity contribution in [3.8, 4) is 0 Å². The van der Waals surface area contributed by atoms with Crippen molar-refractivity contribution in [1.82, 2.24) is 0 Å². The van der Waals surface area contributed by atoms with Crippen LogP contribution in [-0.4, -0.2) is 93.1 Å². The van der Waals surface area contributed by atoms with Crippen LogP contribution in [0.2, 0.25) is 0 Å². The molecule has 38 heavy (non-hydrogen) atoms. The Morgan fingerprint density at radius 1 is 0.921 bits per heavy atom. The number of carbonyl (C=O) groups is 4. The van der Waals surface area contributed by atoms with E-state index in [4.69, 9.17) is 23.7 Å². The van der Waals surface area contributed by atoms with Crippen LogP contribution in [0.1, 0.15) is 67.2 Å². The topological polar surface area (TPSA) is 178 Å². The second-order valence-corrected chi connectivity index (χ2v) is 11.8. The SMILES string of the molecule is CC(=O)O[C@H]1CCC2(CO2)[C@@H]2[C@H](OC(C)=O)[C@@]3(O)C(OC(=O)[C@@H]3C)[C@@H](O)[C@](C)(O)CC[C@H](OC(C)=O)[C@@]12C. The predicted octanol–water partition coefficient (Wildman–Crippen LogP) is 0.165. The first-order chi connectivity index (χ1) is 17.5. The number of esters is 4. The summed E-state index contributed by atoms with van der Waals surface area (Å²) in [5.41, 5.74) is -6.55. The van der Waals surface area contributed by atoms with Crippen molar-refractivity contribution < 1.29 is 58.2 Å². The van der Waals surface area contributed by atoms with Gasteiger partial charge >= 0.3 is 23.9 Å². The van der Waals surface area contributed by atoms with Gasteiger partial charge in [-0.05, 0) is 39.5 Å². The maximum Gasteiger partial charge on any atom is 0.312 e. The number of rotatable bonds is 3. The molecule has 2 heterocycles. The molecule has 4 fully saturated rings. The van der Waals surface area contributed by atoms with Gasteiger partial charge in [0.1, 0.15) is 24.4 Å². The zero-order valence-electron chi connectivity index (χ0n) is 22.6. The van der Waals surface area contributed by atoms with Gasteiger partial charge in [-0.2, -0.15) is 0 Å². The van der Waals surface area contributed by atoms with E-state index in [0.717, 1.165) is 6.92 Å². The average Bonchev–Trinajstić information content (AvgIpc) is 3.53. The van der Waals surface area contributed by atoms with Crippen molar-refractivity contribution in [2.45, 2.75) is 115 Å². The molecule has 4 aliphatic rings. The molecule has 0 aromatic heterocycles. The second-order valence-electron chi connectivity index (χ2n) is 11.8. The molecule has 2 aliphatic heterocycles. The summed E-state index contributed by atoms with van der Waals surface area (Å²) < 4.78 is 28.8. The summed E-state index contributed by atoms with van der Waals surface area (Å²) in [5.74, 6) is -5.12. The molecule has 3 N–H and O–H groups in total. The number of hydrogen-bond donors (Lipinski definition) is 3. The van der Waals surface area contributed by atoms with Crippen LogP contribution in [-0.2, 0) is 42.9 Å². The molecule has 4 rings (SSSR count). The molecule has 214 valence electrons. The van der Waals surface area contributed by atoms with E-state index >= 15 is 0 Å². The third-order valence-electron chi connectivity index (χ3n) is 9.22. The van der Waals surface area contributed by atoms with E-state index < -0.39 is 88.5 Å². The number of carbonyl (C=O) groups excluding carboxylic acids is 4. The van der Waals surface area contributed by atoms with Crippen LogP contribution >= 0.6 is 0 Å². The molecular weight excluding hydrogens is 504 g/mol. The van der Waals surface area contributed by atoms with E-state index in [1.807, 2.05) is 0 Å². The molecule has 12 nitrogen and oxygen atoms in total. The number of hydrogen-bond acceptors (Lipinski definition) is 12. The maximum atomic E-state index is 12.9. The van der Waals surface area contributed by atoms with Crippen molar-refractivity contribution >= 4 is 23.9 Å². The first-order valence-electron chi connectivity index (χ1n) is 13.0. The Labute approximate surface area is 220 Å². The number of ether oxygens (including phenoxy) is 5. The smallest absolute Gasteiger partial charge is 0.312 e. The molecule has 2 unspecified atom stereocenters. The Morgan fingerprint density at radius 3 is 1.89 bits per heavy atom. The highest BCUT2D eigenvalue weighted by molar-refractivity contribution is 5.77. The third kappa shape index (κ3) is 4.39. The van der Waals surface area contributed by atoms with Crippen LogP contribution in [0.3, 0.4) is 0 Å². The Hall–Kier alpha value is -2.28. The van der Waals surface area contributed by atoms with E-state index in [1.165, 1.54) is 27.7 Å². The summed E-state index contributed by atoms with van der Waals surface area (Å²) in [5, 5.41) is 35.0. The van der Waals surface area contributed by atoms with Crippen LogP contribution in [0.25, 0.3) is 0 Å². The molecular formula is C26H38O12. The molecule has 12 heteroatoms. The lowest BCUT2D eigenvalue weighted by molar-refractivity contribution is -0.263. The van der Waals surface area contributed by atoms with Gasteiger partial charge in [0.25, 0.3) is 0 Å². The Bertz CT molecular complexity index is 1000. The van der Waals surface area contributed by atoms with Gasteiger partial charge in [0.15, 0.2) is 11.7 Å². The maximum absolute atomic E-state index is 12.9. The first-order valence-corrected chi connectivity index (χ1v) is 13.0. The van der Waals surface area contributed by atoms with Gasteiger partial charge in [0, 0.05) is 26.7 Å². The fraction of sp³-hybridized carbons (Fsp3) is 0.846. The standard InChI is InChI=1S/C26H38O12/c1-12-22(31)38-21-19(30)23(5,32)9-7-16(35-13(2)27)24(6)17(36-14(3)28)8-10-25(11-34-25)18(24)20(26(12,21)33)37-15(4)29/h12,16-21,30,32-33H,7-11H2,1-6H3/t12-,16-,17-,18+,19+,20-,21?,23+,24-,25?,26+/m0/s1. The van der Waals surface area contributed by atoms with E-state index in [-0.39, 0.29) is 19.4 Å². The van der Waals surface area contributed by atoms with Crippen molar-refractivity contribution in [2.24, 2.45) is 17.3 Å². The Balaban J connectivity index is 2.02. The third-order valence-corrected chi connectivity index (χ3v) is 9.22. The minimum Gasteiger partial charge on any atom is -0.462 e. The zero-order chi connectivity index (χ0) is 28.4. The van der Waals surface area contributed by atoms with Crippen LogP contribution < -0.4 is 0 Å². The summed E-state index contributed by atoms with van der Waals surface area (Å²) >= 11 is 0. The van der Waals surface area contributed by atoms with Gasteiger partial charge in [-0.15, -0.1) is 0 Å². The molecule has 0 amide bonds. The predicted molar refractivity (Wildman–Crippen MR) is 126 cm³/mol. The number of epoxide rings is 1. The largest absolute Gasteiger partial charge is 0.462 e. The Kier molecular flexibility index (Phi) is 7.12. The van der Waals surface area contributed by atoms with E-state index in [9.17, 15) is 34.5 Å². The first kappa shape index (κ1) is 28.7. The summed E-state index contributed by atoms with van der Waals surface area (Å²) in [6.45, 7) is 8.24. The molecule has 2 saturated carbocycles. The monoisotopic (exact) mass is 542 g/mol. The number of aliphatic hydroxyl groups excluding tert-OH is 1. The molecule has 0 aromatic rings. The molecule has 2 aliphatic carbocycles. The van der Waals surface area contributed by atoms with Crippen LogP contribution in [0.4, 0.5) is 0 Å². The van der Waals surface area contributed by atoms with Gasteiger partial charge in [0.05, 0.1) is 29.1 Å². The highest BCUT2D eigenvalue weighted by Crippen LogP contribution is 2.62. The van der Waals surface area contributed by atoms with Crippen molar-refractivity contribution in [1.29, 1.82) is 0 Å². The van der Waals surface area contributed by atoms with E-state index in [2.05, 4.69) is 0 Å². The van der Waals surface area contributed by atoms with Crippen molar-refractivity contribution in [2.75, 3.05) is 6.61 Å². The molecule has 0 bridgehead atoms. The van der Waals surface area contributed by atoms with Gasteiger partial charge in [0.2, 0.25) is 0 Å². The van der Waals surface area contributed by atoms with Crippen molar-refractivity contribution in [3.05, 3.63) is 0 Å². The minimum atomic E-state index is -2.33. The molecule has 0 radical (unpaired) electrons. The Morgan fingerprint density at radius 2 is 1.42 bits per heavy atom. The minimum absolute atomic E-state index is 0.00588. The van der Waals surface area contributed by atoms with Crippen LogP contribution in [0.5, 0.6) is 0 Å². The fourth-order valence-corrected chi connectivity index (χ4v) is 7.11. The van der Waals surface area contributed by atoms with Gasteiger partial charge in [-0.25, -0.2) is 0 Å². The lowest BCUT2D eigenvalue weighted by Crippen LogP contribution is -2.72. The fourth-order valence-electron chi connectivity index (χ4n) is 7.11. The van der Waals surface area contributed by atoms with Crippen molar-refractivity contribution in [3.63, 3.8) is 0 Å². The normalized spacial score (nSPS) is 48.2. The lowest BCUT2D eigenvalue weighted by Gasteiger charge is -2.57. The highest BCUT2D eigenvalue weighted by atomic mass is 16.6. The molecule has 2 saturated heterocycles. The molecule has 1 spiro atoms. The summed E-state index contributed by atoms with van der Waals surface area (Å²) in [4.78, 5) is 50.0. The van der Waals surface area contributed by atoms with E-state index in [0.29, 0.717) is 12.8 Å². The summed E-state index contributed by atoms with van der Waals surface area (Å²) in [7, 11) is 0. The number of fused-ring (bicyclic) bond motifs is 3. The average molecular weight is 543 g/mol. The summed E-state index contributed by atoms with van der Waals surface area (Å²) in [6, 6.07) is 0. The van der Waals surface area contributed by atoms with E-state index in [1.54, 1.807) is 6.92 Å². The van der Waals surface area contributed by atoms with Gasteiger partial charge in [-0.3, -0.25) is 19.2 Å². The quantitative estimate of drug-likeness (QED) is 0.250. The lowest BCUT2D eigenvalue weighted by atomic mass is 9.52. The summed E-state index contributed by atoms with van der Waals surface area (Å²) in [6.07, 6.45) is -6.33.